The van der Waals surface area contributed by atoms with E-state index in [0.717, 1.165) is 47.8 Å². The minimum atomic E-state index is -0.339. The van der Waals surface area contributed by atoms with Crippen molar-refractivity contribution in [1.29, 1.82) is 0 Å². The molecule has 1 N–H and O–H groups in total. The van der Waals surface area contributed by atoms with Gasteiger partial charge in [-0.3, -0.25) is 0 Å². The smallest absolute Gasteiger partial charge is 0.213 e. The molecule has 188 valence electrons. The van der Waals surface area contributed by atoms with Crippen molar-refractivity contribution in [2.45, 2.75) is 31.3 Å². The number of nitrogens with zero attached hydrogens (tertiary/aromatic N) is 4. The summed E-state index contributed by atoms with van der Waals surface area (Å²) in [6.45, 7) is 5.09. The summed E-state index contributed by atoms with van der Waals surface area (Å²) in [5.41, 5.74) is 3.37. The van der Waals surface area contributed by atoms with Crippen molar-refractivity contribution in [3.05, 3.63) is 54.2 Å². The predicted molar refractivity (Wildman–Crippen MR) is 132 cm³/mol. The molecule has 0 amide bonds. The van der Waals surface area contributed by atoms with E-state index in [1.165, 1.54) is 0 Å². The molecule has 0 spiro atoms. The van der Waals surface area contributed by atoms with Gasteiger partial charge in [-0.25, -0.2) is 4.98 Å². The third-order valence-corrected chi connectivity index (χ3v) is 6.84. The number of benzene rings is 1. The molecule has 0 aliphatic carbocycles. The number of hydrogen-bond acceptors (Lipinski definition) is 10. The van der Waals surface area contributed by atoms with Crippen LogP contribution in [0.5, 0.6) is 11.6 Å². The zero-order valence-corrected chi connectivity index (χ0v) is 20.3. The molecule has 2 atom stereocenters. The number of methoxy groups -OCH3 is 1. The van der Waals surface area contributed by atoms with E-state index in [9.17, 15) is 0 Å². The van der Waals surface area contributed by atoms with Gasteiger partial charge >= 0.3 is 0 Å². The van der Waals surface area contributed by atoms with Crippen LogP contribution in [-0.2, 0) is 14.2 Å². The van der Waals surface area contributed by atoms with Crippen molar-refractivity contribution in [3.8, 4) is 22.9 Å². The molecule has 6 rings (SSSR count). The van der Waals surface area contributed by atoms with E-state index in [1.807, 2.05) is 36.4 Å². The van der Waals surface area contributed by atoms with E-state index in [2.05, 4.69) is 38.4 Å². The summed E-state index contributed by atoms with van der Waals surface area (Å²) in [5, 5.41) is 12.4. The molecular formula is C26H29N5O5. The number of ether oxygens (including phenoxy) is 5. The van der Waals surface area contributed by atoms with Crippen molar-refractivity contribution < 1.29 is 23.7 Å². The summed E-state index contributed by atoms with van der Waals surface area (Å²) >= 11 is 0. The second-order valence-electron chi connectivity index (χ2n) is 9.42. The molecule has 3 aromatic rings. The van der Waals surface area contributed by atoms with Gasteiger partial charge in [0, 0.05) is 43.5 Å². The molecule has 3 aliphatic heterocycles. The number of nitrogens with one attached hydrogen (secondary N) is 1. The van der Waals surface area contributed by atoms with Crippen molar-refractivity contribution in [2.24, 2.45) is 0 Å². The lowest BCUT2D eigenvalue weighted by atomic mass is 9.95. The fourth-order valence-electron chi connectivity index (χ4n) is 5.09. The third-order valence-electron chi connectivity index (χ3n) is 6.84. The Morgan fingerprint density at radius 3 is 2.81 bits per heavy atom. The van der Waals surface area contributed by atoms with Crippen LogP contribution in [0, 0.1) is 0 Å². The molecule has 10 heteroatoms. The number of fused-ring (bicyclic) bond motifs is 3. The van der Waals surface area contributed by atoms with Gasteiger partial charge in [-0.1, -0.05) is 12.1 Å². The SMILES string of the molecule is COCOc1ccccc1-c1cc2c(nn1)NC[C@]1(C)C[C@@H](Oc3ccc(C4OCCO4)cn3)CN21. The maximum absolute atomic E-state index is 6.31. The van der Waals surface area contributed by atoms with Crippen LogP contribution in [0.1, 0.15) is 25.2 Å². The van der Waals surface area contributed by atoms with Gasteiger partial charge in [0.2, 0.25) is 5.88 Å². The molecular weight excluding hydrogens is 462 g/mol. The largest absolute Gasteiger partial charge is 0.472 e. The Morgan fingerprint density at radius 1 is 1.14 bits per heavy atom. The lowest BCUT2D eigenvalue weighted by Gasteiger charge is -2.41. The summed E-state index contributed by atoms with van der Waals surface area (Å²) in [7, 11) is 1.60. The Balaban J connectivity index is 1.22. The monoisotopic (exact) mass is 491 g/mol. The first-order valence-corrected chi connectivity index (χ1v) is 12.1. The molecule has 36 heavy (non-hydrogen) atoms. The highest BCUT2D eigenvalue weighted by atomic mass is 16.7. The van der Waals surface area contributed by atoms with E-state index in [0.29, 0.717) is 24.8 Å². The van der Waals surface area contributed by atoms with Gasteiger partial charge in [-0.05, 0) is 31.2 Å². The number of hydrogen-bond donors (Lipinski definition) is 1. The van der Waals surface area contributed by atoms with Crippen molar-refractivity contribution >= 4 is 11.5 Å². The van der Waals surface area contributed by atoms with Gasteiger partial charge < -0.3 is 33.9 Å². The molecule has 2 fully saturated rings. The summed E-state index contributed by atoms with van der Waals surface area (Å²) < 4.78 is 28.2. The maximum Gasteiger partial charge on any atom is 0.213 e. The molecule has 1 aromatic carbocycles. The lowest BCUT2D eigenvalue weighted by Crippen LogP contribution is -2.50. The van der Waals surface area contributed by atoms with Crippen LogP contribution in [-0.4, -0.2) is 67.0 Å². The Kier molecular flexibility index (Phi) is 6.08. The minimum absolute atomic E-state index is 0.0194. The van der Waals surface area contributed by atoms with Gasteiger partial charge in [-0.15, -0.1) is 10.2 Å². The van der Waals surface area contributed by atoms with Gasteiger partial charge in [0.05, 0.1) is 36.7 Å². The van der Waals surface area contributed by atoms with Crippen molar-refractivity contribution in [2.75, 3.05) is 50.4 Å². The van der Waals surface area contributed by atoms with Crippen LogP contribution in [0.25, 0.3) is 11.3 Å². The van der Waals surface area contributed by atoms with E-state index >= 15 is 0 Å². The van der Waals surface area contributed by atoms with E-state index in [4.69, 9.17) is 23.7 Å². The third kappa shape index (κ3) is 4.32. The van der Waals surface area contributed by atoms with Crippen LogP contribution in [0.4, 0.5) is 11.5 Å². The van der Waals surface area contributed by atoms with Gasteiger partial charge in [0.25, 0.3) is 0 Å². The topological polar surface area (TPSA) is 100 Å². The first-order valence-electron chi connectivity index (χ1n) is 12.1. The van der Waals surface area contributed by atoms with Crippen molar-refractivity contribution in [3.63, 3.8) is 0 Å². The number of para-hydroxylation sites is 1. The Bertz CT molecular complexity index is 1220. The van der Waals surface area contributed by atoms with Crippen LogP contribution < -0.4 is 19.7 Å². The first-order chi connectivity index (χ1) is 17.6. The predicted octanol–water partition coefficient (Wildman–Crippen LogP) is 3.41. The second-order valence-corrected chi connectivity index (χ2v) is 9.42. The Hall–Kier alpha value is -3.47. The molecule has 0 unspecified atom stereocenters. The van der Waals surface area contributed by atoms with Crippen LogP contribution >= 0.6 is 0 Å². The molecule has 0 saturated carbocycles. The fourth-order valence-corrected chi connectivity index (χ4v) is 5.09. The van der Waals surface area contributed by atoms with E-state index < -0.39 is 0 Å². The first kappa shape index (κ1) is 23.0. The zero-order chi connectivity index (χ0) is 24.5. The second kappa shape index (κ2) is 9.53. The summed E-state index contributed by atoms with van der Waals surface area (Å²) in [6, 6.07) is 13.7. The Morgan fingerprint density at radius 2 is 2.00 bits per heavy atom. The lowest BCUT2D eigenvalue weighted by molar-refractivity contribution is -0.0444. The van der Waals surface area contributed by atoms with E-state index in [1.54, 1.807) is 13.3 Å². The molecule has 0 radical (unpaired) electrons. The molecule has 5 heterocycles. The average molecular weight is 492 g/mol. The number of pyridine rings is 1. The van der Waals surface area contributed by atoms with Crippen LogP contribution in [0.2, 0.25) is 0 Å². The number of anilines is 2. The summed E-state index contributed by atoms with van der Waals surface area (Å²) in [4.78, 5) is 6.87. The maximum atomic E-state index is 6.31. The standard InChI is InChI=1S/C26H29N5O5/c1-26-12-18(36-23-8-7-17(13-27-23)25-33-9-10-34-25)14-31(26)21-11-20(29-30-24(21)28-15-26)19-5-3-4-6-22(19)35-16-32-2/h3-8,11,13,18,25H,9-10,12,14-16H2,1-2H3,(H,28,30)/t18-,26+/m1/s1. The quantitative estimate of drug-likeness (QED) is 0.495. The highest BCUT2D eigenvalue weighted by molar-refractivity contribution is 5.77. The minimum Gasteiger partial charge on any atom is -0.472 e. The highest BCUT2D eigenvalue weighted by Gasteiger charge is 2.47. The zero-order valence-electron chi connectivity index (χ0n) is 20.3. The van der Waals surface area contributed by atoms with Crippen molar-refractivity contribution in [1.82, 2.24) is 15.2 Å². The molecule has 3 aliphatic rings. The van der Waals surface area contributed by atoms with Crippen LogP contribution in [0.15, 0.2) is 48.7 Å². The number of rotatable bonds is 7. The highest BCUT2D eigenvalue weighted by Crippen LogP contribution is 2.43. The summed E-state index contributed by atoms with van der Waals surface area (Å²) in [6.07, 6.45) is 2.25. The molecule has 10 nitrogen and oxygen atoms in total. The molecule has 2 saturated heterocycles. The van der Waals surface area contributed by atoms with Gasteiger partial charge in [-0.2, -0.15) is 0 Å². The van der Waals surface area contributed by atoms with Crippen LogP contribution in [0.3, 0.4) is 0 Å². The number of aromatic nitrogens is 3. The van der Waals surface area contributed by atoms with Gasteiger partial charge in [0.1, 0.15) is 11.9 Å². The van der Waals surface area contributed by atoms with E-state index in [-0.39, 0.29) is 24.7 Å². The van der Waals surface area contributed by atoms with Gasteiger partial charge in [0.15, 0.2) is 18.9 Å². The Labute approximate surface area is 209 Å². The normalized spacial score (nSPS) is 23.2. The molecule has 2 aromatic heterocycles. The fraction of sp³-hybridized carbons (Fsp3) is 0.423. The summed E-state index contributed by atoms with van der Waals surface area (Å²) in [5.74, 6) is 2.06. The molecule has 0 bridgehead atoms. The average Bonchev–Trinajstić information content (AvgIpc) is 3.56.